The van der Waals surface area contributed by atoms with Gasteiger partial charge < -0.3 is 14.5 Å². The summed E-state index contributed by atoms with van der Waals surface area (Å²) in [5, 5.41) is 3.42. The molecule has 31 heavy (non-hydrogen) atoms. The number of aromatic nitrogens is 1. The molecule has 156 valence electrons. The Morgan fingerprint density at radius 2 is 1.84 bits per heavy atom. The van der Waals surface area contributed by atoms with E-state index in [0.717, 1.165) is 6.42 Å². The molecule has 0 unspecified atom stereocenters. The van der Waals surface area contributed by atoms with Gasteiger partial charge in [0.15, 0.2) is 11.9 Å². The third-order valence-electron chi connectivity index (χ3n) is 4.99. The van der Waals surface area contributed by atoms with Crippen LogP contribution in [0.2, 0.25) is 0 Å². The Kier molecular flexibility index (Phi) is 5.80. The number of nitrogens with one attached hydrogen (secondary N) is 1. The Bertz CT molecular complexity index is 1210. The van der Waals surface area contributed by atoms with Crippen molar-refractivity contribution in [1.29, 1.82) is 0 Å². The second-order valence-electron chi connectivity index (χ2n) is 7.14. The number of carbonyl (C=O) groups excluding carboxylic acids is 2. The predicted molar refractivity (Wildman–Crippen MR) is 119 cm³/mol. The van der Waals surface area contributed by atoms with E-state index >= 15 is 0 Å². The van der Waals surface area contributed by atoms with Crippen LogP contribution in [0.1, 0.15) is 29.8 Å². The number of esters is 1. The summed E-state index contributed by atoms with van der Waals surface area (Å²) in [6.45, 7) is 3.61. The maximum atomic E-state index is 13.0. The number of amides is 1. The first kappa shape index (κ1) is 20.3. The van der Waals surface area contributed by atoms with Gasteiger partial charge in [0, 0.05) is 11.1 Å². The summed E-state index contributed by atoms with van der Waals surface area (Å²) in [5.74, 6) is -0.460. The molecule has 6 heteroatoms. The quantitative estimate of drug-likeness (QED) is 0.436. The van der Waals surface area contributed by atoms with E-state index in [1.807, 2.05) is 42.5 Å². The van der Waals surface area contributed by atoms with Crippen LogP contribution in [0.15, 0.2) is 77.4 Å². The van der Waals surface area contributed by atoms with E-state index in [-0.39, 0.29) is 0 Å². The van der Waals surface area contributed by atoms with E-state index in [4.69, 9.17) is 9.15 Å². The Morgan fingerprint density at radius 3 is 2.55 bits per heavy atom. The topological polar surface area (TPSA) is 81.4 Å². The van der Waals surface area contributed by atoms with Crippen LogP contribution >= 0.6 is 0 Å². The molecule has 0 aliphatic rings. The average molecular weight is 414 g/mol. The number of fused-ring (bicyclic) bond motifs is 1. The Morgan fingerprint density at radius 1 is 1.06 bits per heavy atom. The Balaban J connectivity index is 1.55. The van der Waals surface area contributed by atoms with Gasteiger partial charge in [0.2, 0.25) is 0 Å². The summed E-state index contributed by atoms with van der Waals surface area (Å²) in [4.78, 5) is 30.1. The highest BCUT2D eigenvalue weighted by atomic mass is 16.5. The van der Waals surface area contributed by atoms with Gasteiger partial charge in [-0.3, -0.25) is 4.79 Å². The number of pyridine rings is 1. The van der Waals surface area contributed by atoms with Crippen molar-refractivity contribution in [2.75, 3.05) is 5.32 Å². The lowest BCUT2D eigenvalue weighted by Crippen LogP contribution is -2.30. The molecular formula is C25H22N2O4. The van der Waals surface area contributed by atoms with Crippen LogP contribution in [0.3, 0.4) is 0 Å². The molecule has 0 spiro atoms. The summed E-state index contributed by atoms with van der Waals surface area (Å²) in [6, 6.07) is 20.0. The summed E-state index contributed by atoms with van der Waals surface area (Å²) in [7, 11) is 0. The third kappa shape index (κ3) is 4.48. The van der Waals surface area contributed by atoms with Crippen molar-refractivity contribution in [3.8, 4) is 11.5 Å². The third-order valence-corrected chi connectivity index (χ3v) is 4.99. The first-order valence-electron chi connectivity index (χ1n) is 10.1. The van der Waals surface area contributed by atoms with E-state index in [2.05, 4.69) is 17.2 Å². The zero-order valence-corrected chi connectivity index (χ0v) is 17.3. The maximum Gasteiger partial charge on any atom is 0.339 e. The highest BCUT2D eigenvalue weighted by molar-refractivity contribution is 6.05. The largest absolute Gasteiger partial charge is 0.463 e. The normalized spacial score (nSPS) is 11.8. The van der Waals surface area contributed by atoms with Gasteiger partial charge in [-0.15, -0.1) is 0 Å². The molecule has 0 fully saturated rings. The predicted octanol–water partition coefficient (Wildman–Crippen LogP) is 5.24. The second-order valence-corrected chi connectivity index (χ2v) is 7.14. The average Bonchev–Trinajstić information content (AvgIpc) is 3.33. The van der Waals surface area contributed by atoms with Crippen molar-refractivity contribution in [1.82, 2.24) is 4.98 Å². The van der Waals surface area contributed by atoms with E-state index in [1.165, 1.54) is 5.56 Å². The van der Waals surface area contributed by atoms with Gasteiger partial charge in [-0.2, -0.15) is 0 Å². The molecule has 2 aromatic carbocycles. The Labute approximate surface area is 179 Å². The lowest BCUT2D eigenvalue weighted by molar-refractivity contribution is -0.123. The SMILES string of the molecule is CCc1ccc(NC(=O)[C@H](C)OC(=O)c2cc(-c3ccco3)nc3ccccc23)cc1. The van der Waals surface area contributed by atoms with Gasteiger partial charge in [0.25, 0.3) is 5.91 Å². The first-order chi connectivity index (χ1) is 15.0. The number of para-hydroxylation sites is 1. The van der Waals surface area contributed by atoms with Crippen LogP contribution in [-0.2, 0) is 16.0 Å². The summed E-state index contributed by atoms with van der Waals surface area (Å²) >= 11 is 0. The Hall–Kier alpha value is -3.93. The van der Waals surface area contributed by atoms with Gasteiger partial charge in [0.1, 0.15) is 5.69 Å². The molecule has 0 saturated heterocycles. The molecule has 2 aromatic heterocycles. The molecule has 1 amide bonds. The lowest BCUT2D eigenvalue weighted by Gasteiger charge is -2.15. The molecule has 0 aliphatic carbocycles. The molecule has 4 rings (SSSR count). The molecule has 0 radical (unpaired) electrons. The van der Waals surface area contributed by atoms with Crippen molar-refractivity contribution < 1.29 is 18.7 Å². The highest BCUT2D eigenvalue weighted by Gasteiger charge is 2.22. The summed E-state index contributed by atoms with van der Waals surface area (Å²) in [5.41, 5.74) is 3.30. The molecule has 6 nitrogen and oxygen atoms in total. The number of furan rings is 1. The fourth-order valence-corrected chi connectivity index (χ4v) is 3.24. The zero-order valence-electron chi connectivity index (χ0n) is 17.3. The number of rotatable bonds is 6. The molecule has 1 atom stereocenters. The van der Waals surface area contributed by atoms with Crippen molar-refractivity contribution in [2.24, 2.45) is 0 Å². The molecular weight excluding hydrogens is 392 g/mol. The number of aryl methyl sites for hydroxylation is 1. The van der Waals surface area contributed by atoms with Crippen LogP contribution in [0, 0.1) is 0 Å². The van der Waals surface area contributed by atoms with Gasteiger partial charge >= 0.3 is 5.97 Å². The molecule has 1 N–H and O–H groups in total. The minimum Gasteiger partial charge on any atom is -0.463 e. The number of benzene rings is 2. The maximum absolute atomic E-state index is 13.0. The molecule has 0 bridgehead atoms. The van der Waals surface area contributed by atoms with Crippen LogP contribution in [0.5, 0.6) is 0 Å². The molecule has 2 heterocycles. The fourth-order valence-electron chi connectivity index (χ4n) is 3.24. The number of ether oxygens (including phenoxy) is 1. The molecule has 0 aliphatic heterocycles. The molecule has 0 saturated carbocycles. The van der Waals surface area contributed by atoms with Gasteiger partial charge in [-0.25, -0.2) is 9.78 Å². The number of hydrogen-bond donors (Lipinski definition) is 1. The van der Waals surface area contributed by atoms with Gasteiger partial charge in [0.05, 0.1) is 17.3 Å². The van der Waals surface area contributed by atoms with E-state index < -0.39 is 18.0 Å². The second kappa shape index (κ2) is 8.83. The lowest BCUT2D eigenvalue weighted by atomic mass is 10.1. The van der Waals surface area contributed by atoms with Gasteiger partial charge in [-0.05, 0) is 55.3 Å². The smallest absolute Gasteiger partial charge is 0.339 e. The first-order valence-corrected chi connectivity index (χ1v) is 10.1. The van der Waals surface area contributed by atoms with Crippen molar-refractivity contribution >= 4 is 28.5 Å². The summed E-state index contributed by atoms with van der Waals surface area (Å²) < 4.78 is 10.9. The van der Waals surface area contributed by atoms with Gasteiger partial charge in [-0.1, -0.05) is 37.3 Å². The van der Waals surface area contributed by atoms with E-state index in [9.17, 15) is 9.59 Å². The minimum absolute atomic E-state index is 0.323. The summed E-state index contributed by atoms with van der Waals surface area (Å²) in [6.07, 6.45) is 1.49. The van der Waals surface area contributed by atoms with Crippen molar-refractivity contribution in [3.05, 3.63) is 84.1 Å². The number of carbonyl (C=O) groups is 2. The minimum atomic E-state index is -0.975. The van der Waals surface area contributed by atoms with Crippen LogP contribution in [0.4, 0.5) is 5.69 Å². The number of anilines is 1. The van der Waals surface area contributed by atoms with E-state index in [1.54, 1.807) is 37.5 Å². The van der Waals surface area contributed by atoms with E-state index in [0.29, 0.717) is 33.6 Å². The zero-order chi connectivity index (χ0) is 21.8. The van der Waals surface area contributed by atoms with Crippen LogP contribution < -0.4 is 5.32 Å². The highest BCUT2D eigenvalue weighted by Crippen LogP contribution is 2.26. The van der Waals surface area contributed by atoms with Crippen molar-refractivity contribution in [2.45, 2.75) is 26.4 Å². The monoisotopic (exact) mass is 414 g/mol. The van der Waals surface area contributed by atoms with Crippen LogP contribution in [-0.4, -0.2) is 23.0 Å². The number of hydrogen-bond acceptors (Lipinski definition) is 5. The number of nitrogens with zero attached hydrogens (tertiary/aromatic N) is 1. The molecule has 4 aromatic rings. The standard InChI is InChI=1S/C25H22N2O4/c1-3-17-10-12-18(13-11-17)26-24(28)16(2)31-25(29)20-15-22(23-9-6-14-30-23)27-21-8-5-4-7-19(20)21/h4-16H,3H2,1-2H3,(H,26,28)/t16-/m0/s1. The van der Waals surface area contributed by atoms with Crippen LogP contribution in [0.25, 0.3) is 22.4 Å². The van der Waals surface area contributed by atoms with Crippen molar-refractivity contribution in [3.63, 3.8) is 0 Å². The fraction of sp³-hybridized carbons (Fsp3) is 0.160.